The summed E-state index contributed by atoms with van der Waals surface area (Å²) in [6, 6.07) is 9.21. The Labute approximate surface area is 231 Å². The van der Waals surface area contributed by atoms with E-state index in [2.05, 4.69) is 5.32 Å². The van der Waals surface area contributed by atoms with Crippen LogP contribution in [0.4, 0.5) is 4.79 Å². The molecule has 0 bridgehead atoms. The van der Waals surface area contributed by atoms with Gasteiger partial charge >= 0.3 is 25.9 Å². The van der Waals surface area contributed by atoms with E-state index in [9.17, 15) is 23.8 Å². The number of unbranched alkanes of at least 4 members (excludes halogenated alkanes) is 2. The molecule has 0 aromatic heterocycles. The van der Waals surface area contributed by atoms with E-state index < -0.39 is 38.6 Å². The van der Waals surface area contributed by atoms with E-state index in [0.29, 0.717) is 17.4 Å². The van der Waals surface area contributed by atoms with Crippen LogP contribution in [0.25, 0.3) is 0 Å². The molecule has 0 saturated heterocycles. The molecule has 1 aromatic rings. The van der Waals surface area contributed by atoms with E-state index in [1.165, 1.54) is 0 Å². The Morgan fingerprint density at radius 1 is 0.949 bits per heavy atom. The molecule has 2 N–H and O–H groups in total. The van der Waals surface area contributed by atoms with Gasteiger partial charge in [-0.15, -0.1) is 0 Å². The molecular weight excluding hydrogens is 531 g/mol. The number of esters is 2. The van der Waals surface area contributed by atoms with Gasteiger partial charge in [-0.3, -0.25) is 18.6 Å². The molecule has 1 aromatic carbocycles. The van der Waals surface area contributed by atoms with Crippen LogP contribution in [0.1, 0.15) is 51.0 Å². The van der Waals surface area contributed by atoms with Crippen LogP contribution in [-0.4, -0.2) is 87.6 Å². The third-order valence-electron chi connectivity index (χ3n) is 5.19. The molecule has 222 valence electrons. The Morgan fingerprint density at radius 3 is 2.31 bits per heavy atom. The zero-order chi connectivity index (χ0) is 29.2. The second-order valence-corrected chi connectivity index (χ2v) is 11.4. The minimum atomic E-state index is -4.41. The fourth-order valence-electron chi connectivity index (χ4n) is 2.98. The number of benzene rings is 1. The number of phosphoric ester groups is 1. The lowest BCUT2D eigenvalue weighted by Gasteiger charge is -2.24. The fourth-order valence-corrected chi connectivity index (χ4v) is 3.72. The summed E-state index contributed by atoms with van der Waals surface area (Å²) in [5.74, 6) is -1.11. The van der Waals surface area contributed by atoms with Crippen molar-refractivity contribution in [2.45, 2.75) is 58.2 Å². The number of amides is 1. The molecule has 0 aliphatic rings. The molecule has 2 atom stereocenters. The van der Waals surface area contributed by atoms with Gasteiger partial charge in [-0.2, -0.15) is 0 Å². The summed E-state index contributed by atoms with van der Waals surface area (Å²) >= 11 is 0. The van der Waals surface area contributed by atoms with E-state index in [1.807, 2.05) is 58.4 Å². The first-order valence-corrected chi connectivity index (χ1v) is 14.6. The van der Waals surface area contributed by atoms with Gasteiger partial charge in [-0.1, -0.05) is 50.1 Å². The molecule has 39 heavy (non-hydrogen) atoms. The van der Waals surface area contributed by atoms with Gasteiger partial charge in [-0.05, 0) is 18.4 Å². The topological polar surface area (TPSA) is 147 Å². The minimum absolute atomic E-state index is 0.0189. The van der Waals surface area contributed by atoms with Crippen molar-refractivity contribution >= 4 is 25.9 Å². The monoisotopic (exact) mass is 575 g/mol. The van der Waals surface area contributed by atoms with Crippen LogP contribution < -0.4 is 5.32 Å². The van der Waals surface area contributed by atoms with Crippen molar-refractivity contribution in [2.24, 2.45) is 0 Å². The maximum Gasteiger partial charge on any atom is 0.472 e. The van der Waals surface area contributed by atoms with Gasteiger partial charge in [0.2, 0.25) is 0 Å². The summed E-state index contributed by atoms with van der Waals surface area (Å²) in [5, 5.41) is 2.55. The minimum Gasteiger partial charge on any atom is -0.462 e. The van der Waals surface area contributed by atoms with Crippen LogP contribution in [0.15, 0.2) is 30.3 Å². The molecule has 0 heterocycles. The highest BCUT2D eigenvalue weighted by molar-refractivity contribution is 7.47. The van der Waals surface area contributed by atoms with Crippen LogP contribution >= 0.6 is 7.82 Å². The molecule has 0 aliphatic heterocycles. The van der Waals surface area contributed by atoms with E-state index in [-0.39, 0.29) is 45.6 Å². The number of quaternary nitrogens is 1. The average molecular weight is 576 g/mol. The number of likely N-dealkylation sites (N-methyl/N-ethyl adjacent to an activating group) is 1. The number of ether oxygens (including phenoxy) is 3. The van der Waals surface area contributed by atoms with Crippen molar-refractivity contribution in [1.29, 1.82) is 0 Å². The maximum atomic E-state index is 12.3. The average Bonchev–Trinajstić information content (AvgIpc) is 2.87. The quantitative estimate of drug-likeness (QED) is 0.0778. The predicted octanol–water partition coefficient (Wildman–Crippen LogP) is 3.57. The second-order valence-electron chi connectivity index (χ2n) is 9.96. The summed E-state index contributed by atoms with van der Waals surface area (Å²) in [5.41, 5.74) is 0.849. The van der Waals surface area contributed by atoms with Gasteiger partial charge < -0.3 is 28.9 Å². The second kappa shape index (κ2) is 18.7. The van der Waals surface area contributed by atoms with E-state index in [1.54, 1.807) is 0 Å². The summed E-state index contributed by atoms with van der Waals surface area (Å²) in [6.07, 6.45) is 1.18. The first kappa shape index (κ1) is 34.5. The van der Waals surface area contributed by atoms with Crippen LogP contribution in [0, 0.1) is 0 Å². The Balaban J connectivity index is 2.47. The molecular formula is C26H44N2O10P+. The van der Waals surface area contributed by atoms with Crippen molar-refractivity contribution in [2.75, 3.05) is 54.1 Å². The summed E-state index contributed by atoms with van der Waals surface area (Å²) < 4.78 is 38.3. The Bertz CT molecular complexity index is 908. The number of hydrogen-bond donors (Lipinski definition) is 2. The van der Waals surface area contributed by atoms with Crippen LogP contribution in [0.3, 0.4) is 0 Å². The number of phosphoric acid groups is 1. The molecule has 1 rings (SSSR count). The molecule has 1 unspecified atom stereocenters. The van der Waals surface area contributed by atoms with E-state index in [4.69, 9.17) is 23.3 Å². The molecule has 0 fully saturated rings. The van der Waals surface area contributed by atoms with Gasteiger partial charge in [0, 0.05) is 19.4 Å². The molecule has 12 nitrogen and oxygen atoms in total. The summed E-state index contributed by atoms with van der Waals surface area (Å²) in [4.78, 5) is 46.1. The number of nitrogens with zero attached hydrogens (tertiary/aromatic N) is 1. The maximum absolute atomic E-state index is 12.3. The van der Waals surface area contributed by atoms with Crippen molar-refractivity contribution < 1.29 is 51.6 Å². The van der Waals surface area contributed by atoms with E-state index >= 15 is 0 Å². The fraction of sp³-hybridized carbons (Fsp3) is 0.654. The molecule has 0 saturated carbocycles. The largest absolute Gasteiger partial charge is 0.472 e. The standard InChI is InChI=1S/C26H43N2O10P/c1-5-6-8-14-24(29)34-20-23(21-37-39(32,33)36-18-17-28(2,3)4)38-25(30)15-11-16-27-26(31)35-19-22-12-9-7-10-13-22/h7,9-10,12-13,23H,5-6,8,11,14-21H2,1-4H3,(H-,27,31,32,33)/p+1/t23-/m1/s1. The van der Waals surface area contributed by atoms with Gasteiger partial charge in [0.1, 0.15) is 26.4 Å². The Hall–Kier alpha value is -2.50. The third-order valence-corrected chi connectivity index (χ3v) is 6.18. The lowest BCUT2D eigenvalue weighted by molar-refractivity contribution is -0.870. The number of rotatable bonds is 20. The Morgan fingerprint density at radius 2 is 1.64 bits per heavy atom. The van der Waals surface area contributed by atoms with Crippen LogP contribution in [0.5, 0.6) is 0 Å². The lowest BCUT2D eigenvalue weighted by atomic mass is 10.2. The number of carbonyl (C=O) groups excluding carboxylic acids is 3. The molecule has 0 aliphatic carbocycles. The SMILES string of the molecule is CCCCCC(=O)OC[C@H](COP(=O)(O)OCC[N+](C)(C)C)OC(=O)CCCNC(=O)OCc1ccccc1. The number of alkyl carbamates (subject to hydrolysis) is 1. The highest BCUT2D eigenvalue weighted by Crippen LogP contribution is 2.43. The summed E-state index contributed by atoms with van der Waals surface area (Å²) in [7, 11) is 1.29. The van der Waals surface area contributed by atoms with Gasteiger partial charge in [-0.25, -0.2) is 9.36 Å². The van der Waals surface area contributed by atoms with Crippen molar-refractivity contribution in [3.63, 3.8) is 0 Å². The van der Waals surface area contributed by atoms with Gasteiger partial charge in [0.05, 0.1) is 27.7 Å². The van der Waals surface area contributed by atoms with Crippen molar-refractivity contribution in [3.8, 4) is 0 Å². The first-order chi connectivity index (χ1) is 18.4. The zero-order valence-corrected chi connectivity index (χ0v) is 24.4. The predicted molar refractivity (Wildman–Crippen MR) is 143 cm³/mol. The third kappa shape index (κ3) is 19.2. The normalized spacial score (nSPS) is 13.7. The van der Waals surface area contributed by atoms with Crippen molar-refractivity contribution in [1.82, 2.24) is 5.32 Å². The first-order valence-electron chi connectivity index (χ1n) is 13.1. The number of hydrogen-bond acceptors (Lipinski definition) is 9. The smallest absolute Gasteiger partial charge is 0.462 e. The van der Waals surface area contributed by atoms with Crippen LogP contribution in [0.2, 0.25) is 0 Å². The summed E-state index contributed by atoms with van der Waals surface area (Å²) in [6.45, 7) is 1.92. The zero-order valence-electron chi connectivity index (χ0n) is 23.5. The number of carbonyl (C=O) groups is 3. The molecule has 1 amide bonds. The Kier molecular flexibility index (Phi) is 16.6. The molecule has 0 radical (unpaired) electrons. The van der Waals surface area contributed by atoms with Crippen LogP contribution in [-0.2, 0) is 44.0 Å². The molecule has 13 heteroatoms. The molecule has 0 spiro atoms. The highest BCUT2D eigenvalue weighted by atomic mass is 31.2. The van der Waals surface area contributed by atoms with Gasteiger partial charge in [0.25, 0.3) is 0 Å². The van der Waals surface area contributed by atoms with Gasteiger partial charge in [0.15, 0.2) is 6.10 Å². The number of nitrogens with one attached hydrogen (secondary N) is 1. The van der Waals surface area contributed by atoms with E-state index in [0.717, 1.165) is 18.4 Å². The highest BCUT2D eigenvalue weighted by Gasteiger charge is 2.27. The lowest BCUT2D eigenvalue weighted by Crippen LogP contribution is -2.37. The van der Waals surface area contributed by atoms with Crippen molar-refractivity contribution in [3.05, 3.63) is 35.9 Å².